The molecule has 1 heterocycles. The van der Waals surface area contributed by atoms with E-state index in [0.29, 0.717) is 5.39 Å². The van der Waals surface area contributed by atoms with Gasteiger partial charge in [0.15, 0.2) is 0 Å². The largest absolute Gasteiger partial charge is 0.205 e. The van der Waals surface area contributed by atoms with Gasteiger partial charge in [-0.1, -0.05) is 15.9 Å². The van der Waals surface area contributed by atoms with E-state index in [1.165, 1.54) is 11.3 Å². The van der Waals surface area contributed by atoms with Gasteiger partial charge in [-0.3, -0.25) is 0 Å². The molecule has 0 unspecified atom stereocenters. The van der Waals surface area contributed by atoms with Crippen molar-refractivity contribution in [2.45, 2.75) is 6.92 Å². The molecule has 0 saturated carbocycles. The zero-order valence-electron chi connectivity index (χ0n) is 6.40. The van der Waals surface area contributed by atoms with E-state index >= 15 is 0 Å². The molecule has 0 bridgehead atoms. The van der Waals surface area contributed by atoms with Crippen LogP contribution >= 0.6 is 27.3 Å². The standard InChI is InChI=1S/C9H6BrFS/c1-5-2-6(10)3-7-8(11)4-12-9(5)7/h2-4H,1H3. The van der Waals surface area contributed by atoms with E-state index in [1.54, 1.807) is 5.38 Å². The zero-order valence-corrected chi connectivity index (χ0v) is 8.80. The molecule has 0 saturated heterocycles. The summed E-state index contributed by atoms with van der Waals surface area (Å²) in [6, 6.07) is 3.81. The topological polar surface area (TPSA) is 0 Å². The van der Waals surface area contributed by atoms with Crippen molar-refractivity contribution < 1.29 is 4.39 Å². The Morgan fingerprint density at radius 3 is 2.92 bits per heavy atom. The van der Waals surface area contributed by atoms with Gasteiger partial charge in [-0.15, -0.1) is 11.3 Å². The van der Waals surface area contributed by atoms with Crippen LogP contribution in [0.5, 0.6) is 0 Å². The molecule has 0 amide bonds. The van der Waals surface area contributed by atoms with Crippen LogP contribution < -0.4 is 0 Å². The monoisotopic (exact) mass is 244 g/mol. The molecule has 1 aromatic heterocycles. The van der Waals surface area contributed by atoms with Crippen LogP contribution in [0.2, 0.25) is 0 Å². The van der Waals surface area contributed by atoms with Crippen LogP contribution in [0.25, 0.3) is 10.1 Å². The lowest BCUT2D eigenvalue weighted by Crippen LogP contribution is -1.74. The molecule has 0 nitrogen and oxygen atoms in total. The van der Waals surface area contributed by atoms with Crippen LogP contribution in [0.4, 0.5) is 4.39 Å². The van der Waals surface area contributed by atoms with Crippen LogP contribution in [-0.4, -0.2) is 0 Å². The number of thiophene rings is 1. The Labute approximate surface area is 82.2 Å². The summed E-state index contributed by atoms with van der Waals surface area (Å²) in [6.45, 7) is 1.99. The number of aryl methyl sites for hydroxylation is 1. The van der Waals surface area contributed by atoms with Crippen LogP contribution in [0, 0.1) is 12.7 Å². The van der Waals surface area contributed by atoms with Gasteiger partial charge in [-0.05, 0) is 24.6 Å². The molecule has 0 aliphatic heterocycles. The van der Waals surface area contributed by atoms with Crippen molar-refractivity contribution in [1.82, 2.24) is 0 Å². The van der Waals surface area contributed by atoms with Gasteiger partial charge in [0.25, 0.3) is 0 Å². The highest BCUT2D eigenvalue weighted by Gasteiger charge is 2.05. The number of rotatable bonds is 0. The van der Waals surface area contributed by atoms with Gasteiger partial charge in [0.05, 0.1) is 0 Å². The first-order valence-corrected chi connectivity index (χ1v) is 5.18. The molecule has 0 atom stereocenters. The van der Waals surface area contributed by atoms with Crippen molar-refractivity contribution >= 4 is 37.4 Å². The first kappa shape index (κ1) is 8.20. The number of benzene rings is 1. The fraction of sp³-hybridized carbons (Fsp3) is 0.111. The number of hydrogen-bond acceptors (Lipinski definition) is 1. The SMILES string of the molecule is Cc1cc(Br)cc2c(F)csc12. The summed E-state index contributed by atoms with van der Waals surface area (Å²) in [4.78, 5) is 0. The number of hydrogen-bond donors (Lipinski definition) is 0. The highest BCUT2D eigenvalue weighted by atomic mass is 79.9. The maximum Gasteiger partial charge on any atom is 0.141 e. The van der Waals surface area contributed by atoms with Crippen LogP contribution in [0.15, 0.2) is 22.0 Å². The van der Waals surface area contributed by atoms with Gasteiger partial charge in [-0.2, -0.15) is 0 Å². The Hall–Kier alpha value is -0.410. The molecule has 3 heteroatoms. The fourth-order valence-corrected chi connectivity index (χ4v) is 2.69. The highest BCUT2D eigenvalue weighted by Crippen LogP contribution is 2.30. The molecule has 0 N–H and O–H groups in total. The Morgan fingerprint density at radius 2 is 2.17 bits per heavy atom. The summed E-state index contributed by atoms with van der Waals surface area (Å²) in [7, 11) is 0. The first-order chi connectivity index (χ1) is 5.68. The molecule has 0 fully saturated rings. The van der Waals surface area contributed by atoms with E-state index in [4.69, 9.17) is 0 Å². The summed E-state index contributed by atoms with van der Waals surface area (Å²) in [6.07, 6.45) is 0. The minimum Gasteiger partial charge on any atom is -0.205 e. The van der Waals surface area contributed by atoms with Gasteiger partial charge in [-0.25, -0.2) is 4.39 Å². The van der Waals surface area contributed by atoms with E-state index in [9.17, 15) is 4.39 Å². The maximum absolute atomic E-state index is 13.1. The second-order valence-corrected chi connectivity index (χ2v) is 4.48. The molecule has 1 aromatic carbocycles. The fourth-order valence-electron chi connectivity index (χ4n) is 1.24. The molecule has 62 valence electrons. The summed E-state index contributed by atoms with van der Waals surface area (Å²) in [5.41, 5.74) is 1.12. The molecule has 2 rings (SSSR count). The number of fused-ring (bicyclic) bond motifs is 1. The average molecular weight is 245 g/mol. The van der Waals surface area contributed by atoms with Crippen molar-refractivity contribution in [3.8, 4) is 0 Å². The van der Waals surface area contributed by atoms with Crippen molar-refractivity contribution in [3.63, 3.8) is 0 Å². The molecule has 0 aliphatic rings. The average Bonchev–Trinajstić information content (AvgIpc) is 2.33. The maximum atomic E-state index is 13.1. The Morgan fingerprint density at radius 1 is 1.42 bits per heavy atom. The van der Waals surface area contributed by atoms with Crippen molar-refractivity contribution in [3.05, 3.63) is 33.4 Å². The normalized spacial score (nSPS) is 10.9. The van der Waals surface area contributed by atoms with Crippen LogP contribution in [-0.2, 0) is 0 Å². The quantitative estimate of drug-likeness (QED) is 0.655. The summed E-state index contributed by atoms with van der Waals surface area (Å²) < 4.78 is 15.1. The molecule has 0 aliphatic carbocycles. The zero-order chi connectivity index (χ0) is 8.72. The van der Waals surface area contributed by atoms with E-state index in [-0.39, 0.29) is 5.82 Å². The summed E-state index contributed by atoms with van der Waals surface area (Å²) >= 11 is 4.79. The molecular formula is C9H6BrFS. The summed E-state index contributed by atoms with van der Waals surface area (Å²) in [5.74, 6) is -0.126. The third kappa shape index (κ3) is 1.17. The molecule has 12 heavy (non-hydrogen) atoms. The van der Waals surface area contributed by atoms with Crippen molar-refractivity contribution in [2.75, 3.05) is 0 Å². The summed E-state index contributed by atoms with van der Waals surface area (Å²) in [5, 5.41) is 2.26. The van der Waals surface area contributed by atoms with E-state index < -0.39 is 0 Å². The number of halogens is 2. The Bertz CT molecular complexity index is 433. The van der Waals surface area contributed by atoms with E-state index in [0.717, 1.165) is 14.7 Å². The third-order valence-electron chi connectivity index (χ3n) is 1.78. The lowest BCUT2D eigenvalue weighted by molar-refractivity contribution is 0.644. The van der Waals surface area contributed by atoms with Gasteiger partial charge in [0.1, 0.15) is 5.82 Å². The van der Waals surface area contributed by atoms with Crippen molar-refractivity contribution in [1.29, 1.82) is 0 Å². The predicted molar refractivity (Wildman–Crippen MR) is 54.2 cm³/mol. The molecular weight excluding hydrogens is 239 g/mol. The Kier molecular flexibility index (Phi) is 1.93. The van der Waals surface area contributed by atoms with E-state index in [2.05, 4.69) is 15.9 Å². The van der Waals surface area contributed by atoms with Crippen molar-refractivity contribution in [2.24, 2.45) is 0 Å². The van der Waals surface area contributed by atoms with Gasteiger partial charge < -0.3 is 0 Å². The highest BCUT2D eigenvalue weighted by molar-refractivity contribution is 9.10. The van der Waals surface area contributed by atoms with Gasteiger partial charge in [0, 0.05) is 19.9 Å². The minimum atomic E-state index is -0.126. The first-order valence-electron chi connectivity index (χ1n) is 3.51. The molecule has 0 spiro atoms. The molecule has 0 radical (unpaired) electrons. The third-order valence-corrected chi connectivity index (χ3v) is 3.34. The van der Waals surface area contributed by atoms with E-state index in [1.807, 2.05) is 19.1 Å². The van der Waals surface area contributed by atoms with Gasteiger partial charge >= 0.3 is 0 Å². The second-order valence-electron chi connectivity index (χ2n) is 2.68. The molecule has 2 aromatic rings. The second kappa shape index (κ2) is 2.82. The van der Waals surface area contributed by atoms with Crippen LogP contribution in [0.3, 0.4) is 0 Å². The Balaban J connectivity index is 2.92. The lowest BCUT2D eigenvalue weighted by atomic mass is 10.2. The van der Waals surface area contributed by atoms with Gasteiger partial charge in [0.2, 0.25) is 0 Å². The predicted octanol–water partition coefficient (Wildman–Crippen LogP) is 4.11. The lowest BCUT2D eigenvalue weighted by Gasteiger charge is -1.96. The van der Waals surface area contributed by atoms with Crippen LogP contribution in [0.1, 0.15) is 5.56 Å². The minimum absolute atomic E-state index is 0.126. The smallest absolute Gasteiger partial charge is 0.141 e.